The Bertz CT molecular complexity index is 819. The lowest BCUT2D eigenvalue weighted by atomic mass is 10.2. The molecule has 0 aliphatic heterocycles. The minimum absolute atomic E-state index is 0.133. The molecule has 0 aliphatic carbocycles. The van der Waals surface area contributed by atoms with Crippen molar-refractivity contribution >= 4 is 31.7 Å². The predicted octanol–water partition coefficient (Wildman–Crippen LogP) is 1.39. The smallest absolute Gasteiger partial charge is 0.338 e. The van der Waals surface area contributed by atoms with E-state index < -0.39 is 37.8 Å². The van der Waals surface area contributed by atoms with E-state index in [2.05, 4.69) is 26.2 Å². The molecule has 1 heterocycles. The maximum atomic E-state index is 14.1. The summed E-state index contributed by atoms with van der Waals surface area (Å²) in [5.74, 6) is -3.42. The molecule has 0 fully saturated rings. The molecule has 10 heteroatoms. The Morgan fingerprint density at radius 3 is 2.67 bits per heavy atom. The number of hydrogen-bond acceptors (Lipinski definition) is 5. The second-order valence-corrected chi connectivity index (χ2v) is 7.09. The minimum Gasteiger partial charge on any atom is -0.478 e. The second kappa shape index (κ2) is 5.53. The second-order valence-electron chi connectivity index (χ2n) is 4.21. The van der Waals surface area contributed by atoms with Gasteiger partial charge in [0.05, 0.1) is 11.3 Å². The summed E-state index contributed by atoms with van der Waals surface area (Å²) < 4.78 is 40.0. The summed E-state index contributed by atoms with van der Waals surface area (Å²) in [6.45, 7) is 0. The van der Waals surface area contributed by atoms with Gasteiger partial charge in [0.25, 0.3) is 0 Å². The summed E-state index contributed by atoms with van der Waals surface area (Å²) >= 11 is 2.97. The number of carboxylic acids is 1. The van der Waals surface area contributed by atoms with Gasteiger partial charge in [0, 0.05) is 17.7 Å². The largest absolute Gasteiger partial charge is 0.478 e. The fourth-order valence-corrected chi connectivity index (χ4v) is 3.66. The molecular formula is C11H9BrFN3O4S. The van der Waals surface area contributed by atoms with Crippen LogP contribution in [0.3, 0.4) is 0 Å². The van der Waals surface area contributed by atoms with Gasteiger partial charge in [-0.1, -0.05) is 21.1 Å². The highest BCUT2D eigenvalue weighted by Crippen LogP contribution is 2.26. The molecule has 0 aliphatic rings. The van der Waals surface area contributed by atoms with Crippen LogP contribution >= 0.6 is 15.9 Å². The molecule has 0 unspecified atom stereocenters. The number of carboxylic acid groups (broad SMARTS) is 1. The van der Waals surface area contributed by atoms with Gasteiger partial charge < -0.3 is 5.11 Å². The first-order chi connectivity index (χ1) is 9.70. The Hall–Kier alpha value is -1.81. The minimum atomic E-state index is -4.09. The molecule has 2 rings (SSSR count). The third-order valence-corrected chi connectivity index (χ3v) is 4.66. The number of aromatic nitrogens is 3. The zero-order chi connectivity index (χ0) is 15.8. The molecule has 0 bridgehead atoms. The lowest BCUT2D eigenvalue weighted by molar-refractivity contribution is 0.0691. The maximum absolute atomic E-state index is 14.1. The van der Waals surface area contributed by atoms with Gasteiger partial charge in [-0.15, -0.1) is 5.10 Å². The number of rotatable bonds is 4. The molecule has 21 heavy (non-hydrogen) atoms. The van der Waals surface area contributed by atoms with E-state index in [1.165, 1.54) is 10.9 Å². The summed E-state index contributed by atoms with van der Waals surface area (Å²) in [7, 11) is -2.53. The molecule has 1 aromatic heterocycles. The SMILES string of the molecule is Cn1cc(CS(=O)(=O)c2cc(Br)cc(C(=O)O)c2F)nn1. The number of nitrogens with zero attached hydrogens (tertiary/aromatic N) is 3. The average Bonchev–Trinajstić information content (AvgIpc) is 2.76. The highest BCUT2D eigenvalue weighted by molar-refractivity contribution is 9.10. The summed E-state index contributed by atoms with van der Waals surface area (Å²) in [6, 6.07) is 2.02. The van der Waals surface area contributed by atoms with Crippen LogP contribution in [0.15, 0.2) is 27.7 Å². The third kappa shape index (κ3) is 3.27. The number of aromatic carboxylic acids is 1. The molecular weight excluding hydrogens is 369 g/mol. The zero-order valence-electron chi connectivity index (χ0n) is 10.6. The standard InChI is InChI=1S/C11H9BrFN3O4S/c1-16-4-7(14-15-16)5-21(19,20)9-3-6(12)2-8(10(9)13)11(17)18/h2-4H,5H2,1H3,(H,17,18). The van der Waals surface area contributed by atoms with Crippen molar-refractivity contribution in [1.82, 2.24) is 15.0 Å². The van der Waals surface area contributed by atoms with E-state index in [4.69, 9.17) is 5.11 Å². The van der Waals surface area contributed by atoms with Crippen molar-refractivity contribution in [1.29, 1.82) is 0 Å². The fraction of sp³-hybridized carbons (Fsp3) is 0.182. The van der Waals surface area contributed by atoms with Crippen LogP contribution in [0.4, 0.5) is 4.39 Å². The lowest BCUT2D eigenvalue weighted by Crippen LogP contribution is -2.11. The van der Waals surface area contributed by atoms with Crippen LogP contribution in [0.5, 0.6) is 0 Å². The molecule has 0 amide bonds. The Balaban J connectivity index is 2.52. The van der Waals surface area contributed by atoms with Crippen molar-refractivity contribution in [2.75, 3.05) is 0 Å². The van der Waals surface area contributed by atoms with Crippen molar-refractivity contribution in [2.24, 2.45) is 7.05 Å². The van der Waals surface area contributed by atoms with Crippen molar-refractivity contribution in [3.05, 3.63) is 39.9 Å². The van der Waals surface area contributed by atoms with Crippen LogP contribution in [0.1, 0.15) is 16.1 Å². The Labute approximate surface area is 127 Å². The van der Waals surface area contributed by atoms with Crippen molar-refractivity contribution in [3.63, 3.8) is 0 Å². The Morgan fingerprint density at radius 2 is 2.14 bits per heavy atom. The zero-order valence-corrected chi connectivity index (χ0v) is 13.0. The summed E-state index contributed by atoms with van der Waals surface area (Å²) in [5, 5.41) is 16.1. The number of aryl methyl sites for hydroxylation is 1. The molecule has 0 saturated carbocycles. The van der Waals surface area contributed by atoms with Crippen LogP contribution in [0.25, 0.3) is 0 Å². The van der Waals surface area contributed by atoms with Gasteiger partial charge in [-0.25, -0.2) is 17.6 Å². The third-order valence-electron chi connectivity index (χ3n) is 2.56. The monoisotopic (exact) mass is 377 g/mol. The summed E-state index contributed by atoms with van der Waals surface area (Å²) in [5.41, 5.74) is -0.587. The number of sulfone groups is 1. The fourth-order valence-electron chi connectivity index (χ4n) is 1.68. The predicted molar refractivity (Wildman–Crippen MR) is 73.0 cm³/mol. The molecule has 1 N–H and O–H groups in total. The summed E-state index contributed by atoms with van der Waals surface area (Å²) in [4.78, 5) is 10.2. The highest BCUT2D eigenvalue weighted by atomic mass is 79.9. The first kappa shape index (κ1) is 15.6. The average molecular weight is 378 g/mol. The molecule has 2 aromatic rings. The van der Waals surface area contributed by atoms with Crippen LogP contribution in [0.2, 0.25) is 0 Å². The quantitative estimate of drug-likeness (QED) is 0.863. The maximum Gasteiger partial charge on any atom is 0.338 e. The first-order valence-corrected chi connectivity index (χ1v) is 7.95. The van der Waals surface area contributed by atoms with Crippen molar-refractivity contribution in [2.45, 2.75) is 10.6 Å². The van der Waals surface area contributed by atoms with Crippen LogP contribution < -0.4 is 0 Å². The van der Waals surface area contributed by atoms with E-state index in [1.807, 2.05) is 0 Å². The normalized spacial score (nSPS) is 11.6. The van der Waals surface area contributed by atoms with E-state index in [9.17, 15) is 17.6 Å². The van der Waals surface area contributed by atoms with E-state index in [0.29, 0.717) is 0 Å². The van der Waals surface area contributed by atoms with Gasteiger partial charge in [-0.2, -0.15) is 0 Å². The van der Waals surface area contributed by atoms with E-state index in [1.54, 1.807) is 7.05 Å². The molecule has 0 saturated heterocycles. The van der Waals surface area contributed by atoms with E-state index in [0.717, 1.165) is 12.1 Å². The topological polar surface area (TPSA) is 102 Å². The molecule has 0 radical (unpaired) electrons. The van der Waals surface area contributed by atoms with Crippen molar-refractivity contribution in [3.8, 4) is 0 Å². The number of carbonyl (C=O) groups is 1. The Kier molecular flexibility index (Phi) is 4.10. The van der Waals surface area contributed by atoms with Crippen molar-refractivity contribution < 1.29 is 22.7 Å². The van der Waals surface area contributed by atoms with Gasteiger partial charge in [0.2, 0.25) is 0 Å². The molecule has 1 aromatic carbocycles. The molecule has 112 valence electrons. The van der Waals surface area contributed by atoms with Gasteiger partial charge >= 0.3 is 5.97 Å². The Morgan fingerprint density at radius 1 is 1.48 bits per heavy atom. The lowest BCUT2D eigenvalue weighted by Gasteiger charge is -2.07. The highest BCUT2D eigenvalue weighted by Gasteiger charge is 2.26. The van der Waals surface area contributed by atoms with Crippen LogP contribution in [-0.2, 0) is 22.6 Å². The number of halogens is 2. The van der Waals surface area contributed by atoms with Gasteiger partial charge in [0.1, 0.15) is 10.6 Å². The number of hydrogen-bond donors (Lipinski definition) is 1. The molecule has 0 spiro atoms. The van der Waals surface area contributed by atoms with Gasteiger partial charge in [-0.05, 0) is 12.1 Å². The molecule has 0 atom stereocenters. The van der Waals surface area contributed by atoms with E-state index >= 15 is 0 Å². The molecule has 7 nitrogen and oxygen atoms in total. The van der Waals surface area contributed by atoms with Gasteiger partial charge in [0.15, 0.2) is 15.7 Å². The van der Waals surface area contributed by atoms with Crippen LogP contribution in [-0.4, -0.2) is 34.5 Å². The van der Waals surface area contributed by atoms with E-state index in [-0.39, 0.29) is 10.2 Å². The van der Waals surface area contributed by atoms with Crippen LogP contribution in [0, 0.1) is 5.82 Å². The summed E-state index contributed by atoms with van der Waals surface area (Å²) in [6.07, 6.45) is 1.38. The first-order valence-electron chi connectivity index (χ1n) is 5.51. The number of benzene rings is 1. The van der Waals surface area contributed by atoms with Gasteiger partial charge in [-0.3, -0.25) is 4.68 Å².